The van der Waals surface area contributed by atoms with E-state index in [1.54, 1.807) is 12.7 Å². The van der Waals surface area contributed by atoms with Crippen LogP contribution in [0.2, 0.25) is 0 Å². The van der Waals surface area contributed by atoms with Crippen LogP contribution in [-0.2, 0) is 6.54 Å². The topological polar surface area (TPSA) is 60.9 Å². The maximum Gasteiger partial charge on any atom is 0.162 e. The van der Waals surface area contributed by atoms with Gasteiger partial charge in [-0.05, 0) is 48.2 Å². The van der Waals surface area contributed by atoms with Gasteiger partial charge in [0.05, 0.1) is 12.9 Å². The average molecular weight is 396 g/mol. The summed E-state index contributed by atoms with van der Waals surface area (Å²) in [4.78, 5) is 20.8. The van der Waals surface area contributed by atoms with E-state index in [9.17, 15) is 0 Å². The van der Waals surface area contributed by atoms with Gasteiger partial charge in [-0.2, -0.15) is 0 Å². The van der Waals surface area contributed by atoms with Crippen LogP contribution < -0.4 is 9.80 Å². The minimum absolute atomic E-state index is 0.709. The van der Waals surface area contributed by atoms with E-state index in [0.29, 0.717) is 6.54 Å². The zero-order chi connectivity index (χ0) is 20.7. The van der Waals surface area contributed by atoms with Crippen LogP contribution in [0.4, 0.5) is 11.5 Å². The van der Waals surface area contributed by atoms with Gasteiger partial charge >= 0.3 is 0 Å². The minimum atomic E-state index is 0.709. The molecule has 0 aliphatic carbocycles. The molecule has 150 valence electrons. The van der Waals surface area contributed by atoms with Crippen LogP contribution in [0.15, 0.2) is 60.8 Å². The number of fused-ring (bicyclic) bond motifs is 2. The number of anilines is 2. The normalized spacial score (nSPS) is 13.3. The number of nitrogens with one attached hydrogen (secondary N) is 1. The zero-order valence-corrected chi connectivity index (χ0v) is 17.4. The van der Waals surface area contributed by atoms with Crippen molar-refractivity contribution in [1.82, 2.24) is 19.9 Å². The highest BCUT2D eigenvalue weighted by Gasteiger charge is 2.23. The summed E-state index contributed by atoms with van der Waals surface area (Å²) in [6.07, 6.45) is 5.55. The van der Waals surface area contributed by atoms with Gasteiger partial charge in [0.1, 0.15) is 11.8 Å². The number of hydrogen-bond donors (Lipinski definition) is 1. The van der Waals surface area contributed by atoms with Gasteiger partial charge in [0.15, 0.2) is 11.5 Å². The number of likely N-dealkylation sites (N-methyl/N-ethyl adjacent to an activating group) is 1. The molecule has 1 N–H and O–H groups in total. The van der Waals surface area contributed by atoms with Crippen molar-refractivity contribution in [3.63, 3.8) is 0 Å². The molecule has 3 heterocycles. The van der Waals surface area contributed by atoms with Gasteiger partial charge in [-0.25, -0.2) is 15.0 Å². The molecular weight excluding hydrogens is 372 g/mol. The molecule has 0 saturated carbocycles. The van der Waals surface area contributed by atoms with Crippen molar-refractivity contribution in [2.45, 2.75) is 20.4 Å². The van der Waals surface area contributed by atoms with Crippen molar-refractivity contribution >= 4 is 28.7 Å². The van der Waals surface area contributed by atoms with E-state index in [2.05, 4.69) is 99.2 Å². The number of aromatic nitrogens is 4. The lowest BCUT2D eigenvalue weighted by atomic mass is 9.96. The third-order valence-corrected chi connectivity index (χ3v) is 5.80. The van der Waals surface area contributed by atoms with E-state index in [0.717, 1.165) is 23.5 Å². The molecule has 0 spiro atoms. The van der Waals surface area contributed by atoms with Crippen LogP contribution in [0.1, 0.15) is 22.3 Å². The molecule has 0 fully saturated rings. The fraction of sp³-hybridized carbons (Fsp3) is 0.208. The molecule has 0 saturated heterocycles. The summed E-state index contributed by atoms with van der Waals surface area (Å²) in [5.41, 5.74) is 9.26. The summed E-state index contributed by atoms with van der Waals surface area (Å²) in [5, 5.41) is 0. The molecule has 0 bridgehead atoms. The standard InChI is InChI=1S/C24H24N6/c1-16-8-6-9-18-11-19(30(13-20(16)18)21-10-5-4-7-17(21)2)12-29(3)24-22-23(26-14-25-22)27-15-28-24/h4-11,14-15H,12-13H2,1-3H3,(H,25,26,27,28). The van der Waals surface area contributed by atoms with Crippen molar-refractivity contribution in [2.75, 3.05) is 23.4 Å². The molecule has 6 nitrogen and oxygen atoms in total. The van der Waals surface area contributed by atoms with E-state index in [-0.39, 0.29) is 0 Å². The summed E-state index contributed by atoms with van der Waals surface area (Å²) >= 11 is 0. The molecule has 1 aliphatic rings. The Morgan fingerprint density at radius 3 is 2.70 bits per heavy atom. The number of H-pyrrole nitrogens is 1. The predicted molar refractivity (Wildman–Crippen MR) is 121 cm³/mol. The Morgan fingerprint density at radius 1 is 1.00 bits per heavy atom. The van der Waals surface area contributed by atoms with Crippen molar-refractivity contribution < 1.29 is 0 Å². The number of nitrogens with zero attached hydrogens (tertiary/aromatic N) is 5. The third-order valence-electron chi connectivity index (χ3n) is 5.80. The maximum absolute atomic E-state index is 4.50. The largest absolute Gasteiger partial charge is 0.352 e. The van der Waals surface area contributed by atoms with E-state index < -0.39 is 0 Å². The van der Waals surface area contributed by atoms with Crippen LogP contribution in [0.5, 0.6) is 0 Å². The Morgan fingerprint density at radius 2 is 1.83 bits per heavy atom. The summed E-state index contributed by atoms with van der Waals surface area (Å²) in [6, 6.07) is 15.1. The second-order valence-electron chi connectivity index (χ2n) is 7.80. The van der Waals surface area contributed by atoms with Crippen LogP contribution in [-0.4, -0.2) is 33.5 Å². The number of aromatic amines is 1. The lowest BCUT2D eigenvalue weighted by Crippen LogP contribution is -2.34. The molecule has 5 rings (SSSR count). The maximum atomic E-state index is 4.50. The number of para-hydroxylation sites is 1. The summed E-state index contributed by atoms with van der Waals surface area (Å²) in [7, 11) is 2.05. The van der Waals surface area contributed by atoms with Crippen molar-refractivity contribution in [3.05, 3.63) is 83.1 Å². The van der Waals surface area contributed by atoms with E-state index in [1.807, 2.05) is 0 Å². The van der Waals surface area contributed by atoms with Gasteiger partial charge in [0.2, 0.25) is 0 Å². The molecule has 2 aromatic heterocycles. The SMILES string of the molecule is Cc1ccccc1N1Cc2c(C)cccc2C=C1CN(C)c1ncnc2[nH]cnc12. The fourth-order valence-electron chi connectivity index (χ4n) is 4.18. The summed E-state index contributed by atoms with van der Waals surface area (Å²) in [6.45, 7) is 5.92. The molecule has 0 radical (unpaired) electrons. The number of rotatable bonds is 4. The van der Waals surface area contributed by atoms with Gasteiger partial charge < -0.3 is 14.8 Å². The minimum Gasteiger partial charge on any atom is -0.352 e. The Labute approximate surface area is 175 Å². The molecule has 1 aliphatic heterocycles. The molecular formula is C24H24N6. The first kappa shape index (κ1) is 18.4. The van der Waals surface area contributed by atoms with Gasteiger partial charge in [0, 0.05) is 25.0 Å². The first-order valence-electron chi connectivity index (χ1n) is 10.1. The molecule has 0 atom stereocenters. The first-order valence-corrected chi connectivity index (χ1v) is 10.1. The van der Waals surface area contributed by atoms with Crippen LogP contribution in [0.25, 0.3) is 17.2 Å². The first-order chi connectivity index (χ1) is 14.6. The lowest BCUT2D eigenvalue weighted by molar-refractivity contribution is 0.831. The highest BCUT2D eigenvalue weighted by atomic mass is 15.2. The summed E-state index contributed by atoms with van der Waals surface area (Å²) in [5.74, 6) is 0.821. The molecule has 6 heteroatoms. The third kappa shape index (κ3) is 3.10. The Hall–Kier alpha value is -3.67. The molecule has 0 unspecified atom stereocenters. The van der Waals surface area contributed by atoms with Crippen LogP contribution >= 0.6 is 0 Å². The quantitative estimate of drug-likeness (QED) is 0.552. The Bertz CT molecular complexity index is 1260. The zero-order valence-electron chi connectivity index (χ0n) is 17.4. The Balaban J connectivity index is 1.57. The second kappa shape index (κ2) is 7.30. The van der Waals surface area contributed by atoms with Gasteiger partial charge in [-0.1, -0.05) is 36.4 Å². The van der Waals surface area contributed by atoms with Gasteiger partial charge in [-0.15, -0.1) is 0 Å². The van der Waals surface area contributed by atoms with E-state index in [1.165, 1.54) is 33.6 Å². The van der Waals surface area contributed by atoms with Gasteiger partial charge in [-0.3, -0.25) is 0 Å². The van der Waals surface area contributed by atoms with E-state index in [4.69, 9.17) is 0 Å². The van der Waals surface area contributed by atoms with Crippen LogP contribution in [0, 0.1) is 13.8 Å². The predicted octanol–water partition coefficient (Wildman–Crippen LogP) is 4.47. The van der Waals surface area contributed by atoms with E-state index >= 15 is 0 Å². The molecule has 2 aromatic carbocycles. The lowest BCUT2D eigenvalue weighted by Gasteiger charge is -2.35. The number of benzene rings is 2. The van der Waals surface area contributed by atoms with Crippen molar-refractivity contribution in [1.29, 1.82) is 0 Å². The smallest absolute Gasteiger partial charge is 0.162 e. The monoisotopic (exact) mass is 396 g/mol. The second-order valence-corrected chi connectivity index (χ2v) is 7.80. The number of imidazole rings is 1. The fourth-order valence-corrected chi connectivity index (χ4v) is 4.18. The van der Waals surface area contributed by atoms with Gasteiger partial charge in [0.25, 0.3) is 0 Å². The van der Waals surface area contributed by atoms with Crippen molar-refractivity contribution in [2.24, 2.45) is 0 Å². The average Bonchev–Trinajstić information content (AvgIpc) is 3.23. The highest BCUT2D eigenvalue weighted by molar-refractivity contribution is 5.83. The summed E-state index contributed by atoms with van der Waals surface area (Å²) < 4.78 is 0. The number of hydrogen-bond acceptors (Lipinski definition) is 5. The van der Waals surface area contributed by atoms with Crippen molar-refractivity contribution in [3.8, 4) is 0 Å². The molecule has 4 aromatic rings. The molecule has 30 heavy (non-hydrogen) atoms. The Kier molecular flexibility index (Phi) is 4.47. The molecule has 0 amide bonds. The van der Waals surface area contributed by atoms with Crippen LogP contribution in [0.3, 0.4) is 0 Å². The highest BCUT2D eigenvalue weighted by Crippen LogP contribution is 2.34. The number of aryl methyl sites for hydroxylation is 2.